The maximum absolute atomic E-state index is 12.6. The van der Waals surface area contributed by atoms with Gasteiger partial charge in [-0.15, -0.1) is 0 Å². The van der Waals surface area contributed by atoms with Crippen LogP contribution in [0.1, 0.15) is 5.56 Å². The topological polar surface area (TPSA) is 54.5 Å². The highest BCUT2D eigenvalue weighted by Crippen LogP contribution is 2.25. The Morgan fingerprint density at radius 3 is 2.91 bits per heavy atom. The number of hydrogen-bond acceptors (Lipinski definition) is 4. The highest BCUT2D eigenvalue weighted by atomic mass is 32.1. The van der Waals surface area contributed by atoms with E-state index < -0.39 is 0 Å². The number of ether oxygens (including phenoxy) is 1. The van der Waals surface area contributed by atoms with Gasteiger partial charge in [-0.1, -0.05) is 12.1 Å². The Morgan fingerprint density at radius 1 is 1.32 bits per heavy atom. The molecule has 0 spiro atoms. The van der Waals surface area contributed by atoms with Gasteiger partial charge < -0.3 is 10.1 Å². The lowest BCUT2D eigenvalue weighted by Gasteiger charge is -2.14. The van der Waals surface area contributed by atoms with Crippen molar-refractivity contribution in [1.29, 1.82) is 0 Å². The molecule has 0 saturated carbocycles. The second-order valence-electron chi connectivity index (χ2n) is 4.62. The number of carbonyl (C=O) groups is 1. The molecule has 0 unspecified atom stereocenters. The average molecular weight is 311 g/mol. The largest absolute Gasteiger partial charge is 0.497 e. The van der Waals surface area contributed by atoms with E-state index in [9.17, 15) is 4.79 Å². The first-order chi connectivity index (χ1) is 10.7. The Hall–Kier alpha value is -2.73. The summed E-state index contributed by atoms with van der Waals surface area (Å²) in [5.74, 6) is 0.458. The van der Waals surface area contributed by atoms with Crippen LogP contribution in [0.3, 0.4) is 0 Å². The van der Waals surface area contributed by atoms with E-state index in [1.807, 2.05) is 24.3 Å². The highest BCUT2D eigenvalue weighted by Gasteiger charge is 2.32. The summed E-state index contributed by atoms with van der Waals surface area (Å²) in [7, 11) is 1.58. The number of nitrogens with one attached hydrogen (secondary N) is 1. The number of carbonyl (C=O) groups excluding carboxylic acids is 1. The maximum Gasteiger partial charge on any atom is 0.281 e. The lowest BCUT2D eigenvalue weighted by Crippen LogP contribution is -2.30. The Morgan fingerprint density at radius 2 is 2.18 bits per heavy atom. The first-order valence-corrected chi connectivity index (χ1v) is 7.01. The summed E-state index contributed by atoms with van der Waals surface area (Å²) in [4.78, 5) is 18.0. The zero-order valence-corrected chi connectivity index (χ0v) is 12.6. The van der Waals surface area contributed by atoms with Crippen LogP contribution in [-0.4, -0.2) is 23.1 Å². The van der Waals surface area contributed by atoms with Gasteiger partial charge in [-0.2, -0.15) is 0 Å². The standard InChI is InChI=1S/C16H13N3O2S/c1-21-13-6-2-5-12(9-13)19-15(20)14(18-16(19)22)8-11-4-3-7-17-10-11/h2-10H,1H3,(H,18,22)/b14-8+. The molecule has 6 heteroatoms. The van der Waals surface area contributed by atoms with E-state index in [0.29, 0.717) is 22.2 Å². The third-order valence-electron chi connectivity index (χ3n) is 3.19. The molecule has 1 aliphatic heterocycles. The van der Waals surface area contributed by atoms with Crippen molar-refractivity contribution in [3.05, 3.63) is 60.1 Å². The molecule has 1 aromatic heterocycles. The van der Waals surface area contributed by atoms with Gasteiger partial charge in [0.25, 0.3) is 5.91 Å². The summed E-state index contributed by atoms with van der Waals surface area (Å²) >= 11 is 5.27. The minimum atomic E-state index is -0.206. The van der Waals surface area contributed by atoms with Crippen molar-refractivity contribution in [1.82, 2.24) is 10.3 Å². The third-order valence-corrected chi connectivity index (χ3v) is 3.47. The van der Waals surface area contributed by atoms with Gasteiger partial charge in [0.05, 0.1) is 12.8 Å². The number of nitrogens with zero attached hydrogens (tertiary/aromatic N) is 2. The van der Waals surface area contributed by atoms with Crippen LogP contribution >= 0.6 is 12.2 Å². The number of rotatable bonds is 3. The summed E-state index contributed by atoms with van der Waals surface area (Å²) in [6, 6.07) is 10.9. The third kappa shape index (κ3) is 2.68. The van der Waals surface area contributed by atoms with E-state index in [1.165, 1.54) is 4.90 Å². The number of pyridine rings is 1. The average Bonchev–Trinajstić information content (AvgIpc) is 2.82. The minimum Gasteiger partial charge on any atom is -0.497 e. The van der Waals surface area contributed by atoms with Crippen LogP contribution in [0.2, 0.25) is 0 Å². The van der Waals surface area contributed by atoms with Crippen LogP contribution in [0, 0.1) is 0 Å². The number of thiocarbonyl (C=S) groups is 1. The fourth-order valence-corrected chi connectivity index (χ4v) is 2.45. The van der Waals surface area contributed by atoms with E-state index in [2.05, 4.69) is 10.3 Å². The van der Waals surface area contributed by atoms with Crippen molar-refractivity contribution in [2.45, 2.75) is 0 Å². The number of methoxy groups -OCH3 is 1. The quantitative estimate of drug-likeness (QED) is 0.696. The minimum absolute atomic E-state index is 0.206. The van der Waals surface area contributed by atoms with E-state index >= 15 is 0 Å². The van der Waals surface area contributed by atoms with E-state index in [4.69, 9.17) is 17.0 Å². The van der Waals surface area contributed by atoms with Crippen LogP contribution in [0.4, 0.5) is 5.69 Å². The molecule has 0 bridgehead atoms. The lowest BCUT2D eigenvalue weighted by molar-refractivity contribution is -0.113. The second-order valence-corrected chi connectivity index (χ2v) is 5.00. The number of amides is 1. The predicted molar refractivity (Wildman–Crippen MR) is 88.4 cm³/mol. The van der Waals surface area contributed by atoms with Gasteiger partial charge in [-0.3, -0.25) is 14.7 Å². The molecular formula is C16H13N3O2S. The molecule has 3 rings (SSSR count). The van der Waals surface area contributed by atoms with Gasteiger partial charge in [-0.05, 0) is 42.1 Å². The molecule has 0 atom stereocenters. The van der Waals surface area contributed by atoms with Gasteiger partial charge in [0.15, 0.2) is 5.11 Å². The van der Waals surface area contributed by atoms with Crippen molar-refractivity contribution < 1.29 is 9.53 Å². The van der Waals surface area contributed by atoms with Crippen molar-refractivity contribution >= 4 is 35.0 Å². The molecular weight excluding hydrogens is 298 g/mol. The number of benzene rings is 1. The Bertz CT molecular complexity index is 759. The van der Waals surface area contributed by atoms with Crippen LogP contribution in [-0.2, 0) is 4.79 Å². The zero-order valence-electron chi connectivity index (χ0n) is 11.8. The van der Waals surface area contributed by atoms with E-state index in [-0.39, 0.29) is 5.91 Å². The van der Waals surface area contributed by atoms with E-state index in [1.54, 1.807) is 37.7 Å². The summed E-state index contributed by atoms with van der Waals surface area (Å²) in [6.45, 7) is 0. The Balaban J connectivity index is 1.93. The highest BCUT2D eigenvalue weighted by molar-refractivity contribution is 7.80. The van der Waals surface area contributed by atoms with Gasteiger partial charge in [-0.25, -0.2) is 0 Å². The molecule has 0 aliphatic carbocycles. The molecule has 1 aliphatic rings. The molecule has 1 amide bonds. The SMILES string of the molecule is COc1cccc(N2C(=O)/C(=C\c3cccnc3)NC2=S)c1. The summed E-state index contributed by atoms with van der Waals surface area (Å²) in [5, 5.41) is 3.28. The molecule has 1 N–H and O–H groups in total. The summed E-state index contributed by atoms with van der Waals surface area (Å²) in [5.41, 5.74) is 1.91. The van der Waals surface area contributed by atoms with Crippen molar-refractivity contribution in [3.63, 3.8) is 0 Å². The first kappa shape index (κ1) is 14.2. The normalized spacial score (nSPS) is 16.0. The molecule has 1 saturated heterocycles. The van der Waals surface area contributed by atoms with Crippen molar-refractivity contribution in [2.75, 3.05) is 12.0 Å². The Kier molecular flexibility index (Phi) is 3.84. The van der Waals surface area contributed by atoms with Gasteiger partial charge in [0.1, 0.15) is 11.4 Å². The van der Waals surface area contributed by atoms with Crippen LogP contribution in [0.25, 0.3) is 6.08 Å². The second kappa shape index (κ2) is 5.95. The molecule has 22 heavy (non-hydrogen) atoms. The van der Waals surface area contributed by atoms with Gasteiger partial charge >= 0.3 is 0 Å². The molecule has 1 fully saturated rings. The fraction of sp³-hybridized carbons (Fsp3) is 0.0625. The zero-order chi connectivity index (χ0) is 15.5. The number of aromatic nitrogens is 1. The first-order valence-electron chi connectivity index (χ1n) is 6.60. The number of hydrogen-bond donors (Lipinski definition) is 1. The molecule has 2 aromatic rings. The smallest absolute Gasteiger partial charge is 0.281 e. The van der Waals surface area contributed by atoms with Gasteiger partial charge in [0.2, 0.25) is 0 Å². The summed E-state index contributed by atoms with van der Waals surface area (Å²) < 4.78 is 5.18. The van der Waals surface area contributed by atoms with Crippen LogP contribution < -0.4 is 15.0 Å². The fourth-order valence-electron chi connectivity index (χ4n) is 2.15. The lowest BCUT2D eigenvalue weighted by atomic mass is 10.2. The monoisotopic (exact) mass is 311 g/mol. The van der Waals surface area contributed by atoms with Crippen molar-refractivity contribution in [2.24, 2.45) is 0 Å². The molecule has 5 nitrogen and oxygen atoms in total. The predicted octanol–water partition coefficient (Wildman–Crippen LogP) is 2.35. The number of anilines is 1. The van der Waals surface area contributed by atoms with E-state index in [0.717, 1.165) is 5.56 Å². The Labute approximate surface area is 133 Å². The maximum atomic E-state index is 12.6. The molecule has 0 radical (unpaired) electrons. The molecule has 110 valence electrons. The molecule has 1 aromatic carbocycles. The van der Waals surface area contributed by atoms with Crippen LogP contribution in [0.15, 0.2) is 54.5 Å². The molecule has 2 heterocycles. The van der Waals surface area contributed by atoms with Crippen molar-refractivity contribution in [3.8, 4) is 5.75 Å². The summed E-state index contributed by atoms with van der Waals surface area (Å²) in [6.07, 6.45) is 5.08. The van der Waals surface area contributed by atoms with Crippen LogP contribution in [0.5, 0.6) is 5.75 Å². The van der Waals surface area contributed by atoms with Gasteiger partial charge in [0, 0.05) is 18.5 Å².